The fourth-order valence-corrected chi connectivity index (χ4v) is 3.97. The molecule has 0 bridgehead atoms. The van der Waals surface area contributed by atoms with Crippen molar-refractivity contribution in [3.8, 4) is 5.75 Å². The molecule has 3 heterocycles. The lowest BCUT2D eigenvalue weighted by Crippen LogP contribution is -2.68. The molecular formula is C23H31N3O6. The smallest absolute Gasteiger partial charge is 0.264 e. The largest absolute Gasteiger partial charge is 0.462 e. The minimum atomic E-state index is -1.61. The highest BCUT2D eigenvalue weighted by molar-refractivity contribution is 6.03. The molecule has 2 aliphatic rings. The maximum absolute atomic E-state index is 13.2. The first-order valence-electron chi connectivity index (χ1n) is 10.1. The van der Waals surface area contributed by atoms with Crippen LogP contribution < -0.4 is 15.8 Å². The van der Waals surface area contributed by atoms with Gasteiger partial charge in [0, 0.05) is 11.9 Å². The number of anilines is 1. The number of nitrogens with zero attached hydrogens (tertiary/aromatic N) is 1. The first-order valence-corrected chi connectivity index (χ1v) is 10.1. The monoisotopic (exact) mass is 445 g/mol. The zero-order valence-electron chi connectivity index (χ0n) is 17.5. The summed E-state index contributed by atoms with van der Waals surface area (Å²) in [5, 5.41) is 34.5. The standard InChI is InChI=1S/C22H27N3O6.CH4/c1-4-5-12-8-16-19(27)24-15-7-6-13(9-14(15)20(28)25(16)10-12)31-21-18(26)22(3,29)17(23)11(2)30-21;/h4-11,17-19,21,24,26-27,29H,23H2,1-3H3;1H4/b5-4+;. The average molecular weight is 446 g/mol. The van der Waals surface area contributed by atoms with E-state index in [1.807, 2.05) is 19.1 Å². The number of fused-ring (bicyclic) bond motifs is 2. The Morgan fingerprint density at radius 1 is 1.31 bits per heavy atom. The number of rotatable bonds is 3. The van der Waals surface area contributed by atoms with E-state index in [2.05, 4.69) is 5.32 Å². The Morgan fingerprint density at radius 2 is 2.03 bits per heavy atom. The molecule has 0 amide bonds. The summed E-state index contributed by atoms with van der Waals surface area (Å²) < 4.78 is 12.8. The summed E-state index contributed by atoms with van der Waals surface area (Å²) in [6.45, 7) is 4.98. The third-order valence-corrected chi connectivity index (χ3v) is 5.88. The van der Waals surface area contributed by atoms with E-state index in [9.17, 15) is 20.1 Å². The Hall–Kier alpha value is -2.69. The number of ether oxygens (including phenoxy) is 2. The molecular weight excluding hydrogens is 414 g/mol. The van der Waals surface area contributed by atoms with Crippen LogP contribution in [0.2, 0.25) is 0 Å². The lowest BCUT2D eigenvalue weighted by atomic mass is 9.85. The molecule has 32 heavy (non-hydrogen) atoms. The van der Waals surface area contributed by atoms with Gasteiger partial charge in [-0.2, -0.15) is 0 Å². The van der Waals surface area contributed by atoms with Gasteiger partial charge in [-0.15, -0.1) is 0 Å². The van der Waals surface area contributed by atoms with Gasteiger partial charge in [-0.25, -0.2) is 0 Å². The van der Waals surface area contributed by atoms with E-state index in [1.165, 1.54) is 17.6 Å². The summed E-state index contributed by atoms with van der Waals surface area (Å²) in [6.07, 6.45) is 1.13. The van der Waals surface area contributed by atoms with Gasteiger partial charge in [0.05, 0.1) is 23.4 Å². The third-order valence-electron chi connectivity index (χ3n) is 5.88. The van der Waals surface area contributed by atoms with Gasteiger partial charge in [-0.1, -0.05) is 19.6 Å². The third kappa shape index (κ3) is 3.94. The second-order valence-corrected chi connectivity index (χ2v) is 8.15. The molecule has 1 saturated heterocycles. The van der Waals surface area contributed by atoms with Crippen LogP contribution in [0.3, 0.4) is 0 Å². The first-order chi connectivity index (χ1) is 14.6. The highest BCUT2D eigenvalue weighted by Crippen LogP contribution is 2.34. The van der Waals surface area contributed by atoms with Crippen molar-refractivity contribution >= 4 is 17.7 Å². The maximum atomic E-state index is 13.2. The molecule has 4 rings (SSSR count). The van der Waals surface area contributed by atoms with Crippen molar-refractivity contribution in [1.29, 1.82) is 0 Å². The average Bonchev–Trinajstić information content (AvgIpc) is 3.12. The van der Waals surface area contributed by atoms with Crippen molar-refractivity contribution in [3.63, 3.8) is 0 Å². The van der Waals surface area contributed by atoms with E-state index < -0.39 is 36.4 Å². The van der Waals surface area contributed by atoms with Crippen molar-refractivity contribution in [2.75, 3.05) is 5.32 Å². The van der Waals surface area contributed by atoms with Gasteiger partial charge in [0.15, 0.2) is 6.23 Å². The van der Waals surface area contributed by atoms with Crippen LogP contribution in [0.4, 0.5) is 5.69 Å². The van der Waals surface area contributed by atoms with Crippen LogP contribution in [0, 0.1) is 0 Å². The maximum Gasteiger partial charge on any atom is 0.264 e. The van der Waals surface area contributed by atoms with Gasteiger partial charge < -0.3 is 35.8 Å². The summed E-state index contributed by atoms with van der Waals surface area (Å²) in [5.41, 5.74) is 6.24. The number of nitrogens with two attached hydrogens (primary N) is 1. The van der Waals surface area contributed by atoms with Crippen LogP contribution in [-0.4, -0.2) is 55.9 Å². The molecule has 1 aromatic heterocycles. The zero-order valence-corrected chi connectivity index (χ0v) is 17.5. The molecule has 6 N–H and O–H groups in total. The van der Waals surface area contributed by atoms with E-state index in [4.69, 9.17) is 15.2 Å². The van der Waals surface area contributed by atoms with Crippen LogP contribution in [0.25, 0.3) is 6.08 Å². The molecule has 9 nitrogen and oxygen atoms in total. The molecule has 174 valence electrons. The first kappa shape index (κ1) is 24.0. The topological polar surface area (TPSA) is 139 Å². The predicted octanol–water partition coefficient (Wildman–Crippen LogP) is 1.82. The Balaban J connectivity index is 0.00000289. The Kier molecular flexibility index (Phi) is 6.50. The molecule has 2 aromatic rings. The van der Waals surface area contributed by atoms with Gasteiger partial charge in [0.1, 0.15) is 17.5 Å². The second-order valence-electron chi connectivity index (χ2n) is 8.15. The second kappa shape index (κ2) is 8.68. The number of carbonyl (C=O) groups excluding carboxylic acids is 1. The van der Waals surface area contributed by atoms with Gasteiger partial charge in [0.25, 0.3) is 5.91 Å². The Morgan fingerprint density at radius 3 is 2.72 bits per heavy atom. The van der Waals surface area contributed by atoms with Crippen LogP contribution in [0.5, 0.6) is 5.75 Å². The van der Waals surface area contributed by atoms with Crippen molar-refractivity contribution in [1.82, 2.24) is 4.57 Å². The number of hydrogen-bond acceptors (Lipinski definition) is 8. The van der Waals surface area contributed by atoms with E-state index >= 15 is 0 Å². The molecule has 1 aromatic carbocycles. The minimum Gasteiger partial charge on any atom is -0.462 e. The molecule has 0 aliphatic carbocycles. The number of allylic oxidation sites excluding steroid dienone is 1. The Labute approximate surface area is 187 Å². The highest BCUT2D eigenvalue weighted by atomic mass is 16.7. The normalized spacial score (nSPS) is 31.8. The number of aromatic nitrogens is 1. The Bertz CT molecular complexity index is 1030. The molecule has 0 spiro atoms. The number of benzene rings is 1. The van der Waals surface area contributed by atoms with Crippen LogP contribution in [-0.2, 0) is 4.74 Å². The van der Waals surface area contributed by atoms with E-state index in [0.717, 1.165) is 5.56 Å². The lowest BCUT2D eigenvalue weighted by Gasteiger charge is -2.46. The zero-order chi connectivity index (χ0) is 22.5. The molecule has 0 radical (unpaired) electrons. The van der Waals surface area contributed by atoms with Gasteiger partial charge in [-0.3, -0.25) is 9.36 Å². The molecule has 1 fully saturated rings. The van der Waals surface area contributed by atoms with Crippen LogP contribution in [0.15, 0.2) is 36.5 Å². The minimum absolute atomic E-state index is 0. The van der Waals surface area contributed by atoms with Crippen LogP contribution >= 0.6 is 0 Å². The predicted molar refractivity (Wildman–Crippen MR) is 120 cm³/mol. The lowest BCUT2D eigenvalue weighted by molar-refractivity contribution is -0.268. The number of aliphatic hydroxyl groups excluding tert-OH is 2. The summed E-state index contributed by atoms with van der Waals surface area (Å²) in [6, 6.07) is 5.64. The fourth-order valence-electron chi connectivity index (χ4n) is 3.97. The molecule has 6 unspecified atom stereocenters. The molecule has 0 saturated carbocycles. The van der Waals surface area contributed by atoms with Crippen molar-refractivity contribution < 1.29 is 29.6 Å². The van der Waals surface area contributed by atoms with Gasteiger partial charge in [-0.05, 0) is 50.6 Å². The quantitative estimate of drug-likeness (QED) is 0.482. The SMILES string of the molecule is C.C/C=C/c1cc2n(c1)C(=O)c1cc(OC3OC(C)C(N)C(C)(O)C3O)ccc1NC2O. The summed E-state index contributed by atoms with van der Waals surface area (Å²) in [5.74, 6) is -0.0852. The molecule has 9 heteroatoms. The number of aliphatic hydroxyl groups is 3. The highest BCUT2D eigenvalue weighted by Gasteiger charge is 2.50. The fraction of sp³-hybridized carbons (Fsp3) is 0.435. The number of hydrogen-bond donors (Lipinski definition) is 5. The number of nitrogens with one attached hydrogen (secondary N) is 1. The van der Waals surface area contributed by atoms with E-state index in [1.54, 1.807) is 31.3 Å². The molecule has 2 aliphatic heterocycles. The van der Waals surface area contributed by atoms with Crippen molar-refractivity contribution in [3.05, 3.63) is 53.4 Å². The van der Waals surface area contributed by atoms with Crippen molar-refractivity contribution in [2.45, 2.75) is 64.6 Å². The molecule has 6 atom stereocenters. The summed E-state index contributed by atoms with van der Waals surface area (Å²) >= 11 is 0. The van der Waals surface area contributed by atoms with Crippen molar-refractivity contribution in [2.24, 2.45) is 5.73 Å². The van der Waals surface area contributed by atoms with Gasteiger partial charge in [0.2, 0.25) is 6.29 Å². The van der Waals surface area contributed by atoms with E-state index in [-0.39, 0.29) is 24.6 Å². The van der Waals surface area contributed by atoms with Crippen LogP contribution in [0.1, 0.15) is 56.0 Å². The van der Waals surface area contributed by atoms with Gasteiger partial charge >= 0.3 is 0 Å². The van der Waals surface area contributed by atoms with E-state index in [0.29, 0.717) is 11.4 Å². The summed E-state index contributed by atoms with van der Waals surface area (Å²) in [4.78, 5) is 13.2. The number of carbonyl (C=O) groups is 1. The summed E-state index contributed by atoms with van der Waals surface area (Å²) in [7, 11) is 0.